The van der Waals surface area contributed by atoms with Crippen LogP contribution in [-0.2, 0) is 20.8 Å². The number of benzene rings is 1. The van der Waals surface area contributed by atoms with Crippen molar-refractivity contribution in [2.24, 2.45) is 5.73 Å². The molecule has 0 unspecified atom stereocenters. The fourth-order valence-corrected chi connectivity index (χ4v) is 2.30. The van der Waals surface area contributed by atoms with Gasteiger partial charge in [0.25, 0.3) is 0 Å². The maximum absolute atomic E-state index is 11.4. The summed E-state index contributed by atoms with van der Waals surface area (Å²) in [4.78, 5) is 34.7. The molecule has 2 rings (SSSR count). The largest absolute Gasteiger partial charge is 0.454 e. The molecule has 0 bridgehead atoms. The van der Waals surface area contributed by atoms with Crippen LogP contribution in [0.5, 0.6) is 0 Å². The van der Waals surface area contributed by atoms with Gasteiger partial charge in [-0.25, -0.2) is 14.4 Å². The second-order valence-corrected chi connectivity index (χ2v) is 6.15. The number of aliphatic hydroxyl groups is 1. The molecule has 3 amide bonds. The molecule has 3 N–H and O–H groups in total. The van der Waals surface area contributed by atoms with Crippen molar-refractivity contribution in [2.45, 2.75) is 27.4 Å². The summed E-state index contributed by atoms with van der Waals surface area (Å²) in [6.45, 7) is 8.19. The molecule has 1 aliphatic rings. The smallest absolute Gasteiger partial charge is 0.414 e. The first-order valence-electron chi connectivity index (χ1n) is 10.5. The maximum Gasteiger partial charge on any atom is 0.414 e. The topological polar surface area (TPSA) is 132 Å². The zero-order valence-corrected chi connectivity index (χ0v) is 20.5. The number of piperazine rings is 1. The van der Waals surface area contributed by atoms with Crippen molar-refractivity contribution in [2.75, 3.05) is 46.5 Å². The highest BCUT2D eigenvalue weighted by molar-refractivity contribution is 6.61. The minimum atomic E-state index is -0.738. The second kappa shape index (κ2) is 22.4. The summed E-state index contributed by atoms with van der Waals surface area (Å²) in [5, 5.41) is 8.44. The van der Waals surface area contributed by atoms with Gasteiger partial charge in [0, 0.05) is 44.9 Å². The number of urea groups is 1. The Kier molecular flexibility index (Phi) is 21.9. The van der Waals surface area contributed by atoms with E-state index in [2.05, 4.69) is 4.74 Å². The van der Waals surface area contributed by atoms with Crippen molar-refractivity contribution in [1.82, 2.24) is 9.80 Å². The van der Waals surface area contributed by atoms with Crippen LogP contribution >= 0.6 is 11.6 Å². The second-order valence-electron chi connectivity index (χ2n) is 5.84. The number of amides is 3. The van der Waals surface area contributed by atoms with Gasteiger partial charge in [-0.05, 0) is 18.6 Å². The fraction of sp³-hybridized carbons (Fsp3) is 0.500. The van der Waals surface area contributed by atoms with Crippen molar-refractivity contribution in [1.29, 1.82) is 0 Å². The van der Waals surface area contributed by atoms with Crippen LogP contribution in [-0.4, -0.2) is 79.0 Å². The Morgan fingerprint density at radius 2 is 1.64 bits per heavy atom. The lowest BCUT2D eigenvalue weighted by atomic mass is 10.2. The number of carbonyl (C=O) groups excluding carboxylic acids is 3. The molecule has 1 aromatic carbocycles. The van der Waals surface area contributed by atoms with Crippen LogP contribution in [0, 0.1) is 0 Å². The van der Waals surface area contributed by atoms with Gasteiger partial charge in [0.05, 0.1) is 26.1 Å². The minimum absolute atomic E-state index is 0.178. The molecule has 1 heterocycles. The molecule has 0 spiro atoms. The molecule has 0 radical (unpaired) electrons. The van der Waals surface area contributed by atoms with E-state index in [-0.39, 0.29) is 6.61 Å². The number of rotatable bonds is 5. The number of hydrogen-bond acceptors (Lipinski definition) is 7. The van der Waals surface area contributed by atoms with Crippen molar-refractivity contribution >= 4 is 29.2 Å². The van der Waals surface area contributed by atoms with E-state index in [9.17, 15) is 14.4 Å². The van der Waals surface area contributed by atoms with E-state index < -0.39 is 17.6 Å². The van der Waals surface area contributed by atoms with Gasteiger partial charge in [-0.2, -0.15) is 0 Å². The van der Waals surface area contributed by atoms with Crippen LogP contribution in [0.3, 0.4) is 0 Å². The maximum atomic E-state index is 11.4. The number of carbonyl (C=O) groups is 3. The Morgan fingerprint density at radius 1 is 1.09 bits per heavy atom. The average molecular weight is 490 g/mol. The predicted molar refractivity (Wildman–Crippen MR) is 127 cm³/mol. The first-order valence-corrected chi connectivity index (χ1v) is 10.8. The Labute approximate surface area is 200 Å². The first-order chi connectivity index (χ1) is 15.8. The Morgan fingerprint density at radius 3 is 2.03 bits per heavy atom. The molecule has 10 nitrogen and oxygen atoms in total. The van der Waals surface area contributed by atoms with Crippen LogP contribution < -0.4 is 5.73 Å². The summed E-state index contributed by atoms with van der Waals surface area (Å²) < 4.78 is 13.8. The van der Waals surface area contributed by atoms with Crippen LogP contribution in [0.25, 0.3) is 0 Å². The lowest BCUT2D eigenvalue weighted by Gasteiger charge is -2.32. The highest BCUT2D eigenvalue weighted by Crippen LogP contribution is 2.03. The molecule has 1 aromatic rings. The summed E-state index contributed by atoms with van der Waals surface area (Å²) in [5.41, 5.74) is 5.58. The Hall–Kier alpha value is -2.82. The number of hydrogen-bond donors (Lipinski definition) is 2. The number of methoxy groups -OCH3 is 1. The predicted octanol–water partition coefficient (Wildman–Crippen LogP) is 3.57. The molecule has 0 atom stereocenters. The standard InChI is InChI=1S/C9H15N3O4.C8H10O.C3H5ClO2.C2H6/c10-8(14)11-2-4-12(5-3-11)9(15)16-7-1-6-13;1-9-7-8-5-3-2-4-6-8;1-2-6-3(4)5;1-2/h1,7,13H,2-6H2,(H2,10,14);2-6H,7H2,1H3;2H2,1H3;1-2H3/b7-1+;;;. The quantitative estimate of drug-likeness (QED) is 0.477. The summed E-state index contributed by atoms with van der Waals surface area (Å²) in [6, 6.07) is 9.63. The van der Waals surface area contributed by atoms with Crippen LogP contribution in [0.15, 0.2) is 42.7 Å². The van der Waals surface area contributed by atoms with Crippen molar-refractivity contribution < 1.29 is 33.7 Å². The summed E-state index contributed by atoms with van der Waals surface area (Å²) in [7, 11) is 1.70. The molecule has 1 saturated heterocycles. The fourth-order valence-electron chi connectivity index (χ4n) is 2.19. The summed E-state index contributed by atoms with van der Waals surface area (Å²) in [5.74, 6) is 0. The Balaban J connectivity index is 0. The molecular weight excluding hydrogens is 454 g/mol. The molecule has 0 aliphatic carbocycles. The van der Waals surface area contributed by atoms with Crippen LogP contribution in [0.2, 0.25) is 0 Å². The van der Waals surface area contributed by atoms with E-state index in [1.54, 1.807) is 14.0 Å². The van der Waals surface area contributed by atoms with E-state index in [1.165, 1.54) is 21.4 Å². The normalized spacial score (nSPS) is 12.2. The van der Waals surface area contributed by atoms with Crippen molar-refractivity contribution in [3.8, 4) is 0 Å². The highest BCUT2D eigenvalue weighted by atomic mass is 35.5. The molecule has 0 aromatic heterocycles. The number of halogens is 1. The van der Waals surface area contributed by atoms with Gasteiger partial charge >= 0.3 is 17.6 Å². The summed E-state index contributed by atoms with van der Waals surface area (Å²) in [6.07, 6.45) is 1.97. The number of primary amides is 1. The van der Waals surface area contributed by atoms with E-state index in [0.29, 0.717) is 39.4 Å². The number of aliphatic hydroxyl groups excluding tert-OH is 1. The molecule has 11 heteroatoms. The molecule has 1 fully saturated rings. The van der Waals surface area contributed by atoms with Crippen molar-refractivity contribution in [3.05, 3.63) is 48.2 Å². The monoisotopic (exact) mass is 489 g/mol. The van der Waals surface area contributed by atoms with Crippen LogP contribution in [0.1, 0.15) is 26.3 Å². The van der Waals surface area contributed by atoms with Crippen molar-refractivity contribution in [3.63, 3.8) is 0 Å². The Bertz CT molecular complexity index is 667. The van der Waals surface area contributed by atoms with Gasteiger partial charge in [0.2, 0.25) is 0 Å². The lowest BCUT2D eigenvalue weighted by molar-refractivity contribution is 0.108. The SMILES string of the molecule is CC.CCOC(=O)Cl.COCc1ccccc1.NC(=O)N1CCN(C(=O)O/C=C/CO)CC1. The first kappa shape index (κ1) is 32.4. The van der Waals surface area contributed by atoms with Gasteiger partial charge in [-0.15, -0.1) is 0 Å². The highest BCUT2D eigenvalue weighted by Gasteiger charge is 2.23. The molecule has 0 saturated carbocycles. The third-order valence-electron chi connectivity index (χ3n) is 3.63. The lowest BCUT2D eigenvalue weighted by Crippen LogP contribution is -2.52. The van der Waals surface area contributed by atoms with Crippen LogP contribution in [0.4, 0.5) is 14.4 Å². The van der Waals surface area contributed by atoms with Gasteiger partial charge in [-0.1, -0.05) is 44.2 Å². The zero-order valence-electron chi connectivity index (χ0n) is 19.7. The van der Waals surface area contributed by atoms with Gasteiger partial charge in [0.1, 0.15) is 0 Å². The molecule has 188 valence electrons. The average Bonchev–Trinajstić information content (AvgIpc) is 2.82. The molecular formula is C22H36ClN3O7. The number of nitrogens with two attached hydrogens (primary N) is 1. The molecule has 33 heavy (non-hydrogen) atoms. The van der Waals surface area contributed by atoms with E-state index in [4.69, 9.17) is 31.9 Å². The van der Waals surface area contributed by atoms with Gasteiger partial charge < -0.3 is 34.9 Å². The summed E-state index contributed by atoms with van der Waals surface area (Å²) >= 11 is 4.72. The molecule has 1 aliphatic heterocycles. The van der Waals surface area contributed by atoms with E-state index in [1.807, 2.05) is 44.2 Å². The number of ether oxygens (including phenoxy) is 3. The number of nitrogens with zero attached hydrogens (tertiary/aromatic N) is 2. The zero-order chi connectivity index (χ0) is 25.5. The van der Waals surface area contributed by atoms with E-state index in [0.717, 1.165) is 6.26 Å². The third kappa shape index (κ3) is 18.5. The van der Waals surface area contributed by atoms with Gasteiger partial charge in [-0.3, -0.25) is 0 Å². The minimum Gasteiger partial charge on any atom is -0.454 e. The van der Waals surface area contributed by atoms with Gasteiger partial charge in [0.15, 0.2) is 0 Å². The third-order valence-corrected chi connectivity index (χ3v) is 3.74. The van der Waals surface area contributed by atoms with E-state index >= 15 is 0 Å².